The van der Waals surface area contributed by atoms with E-state index >= 15 is 0 Å². The molecule has 0 saturated carbocycles. The van der Waals surface area contributed by atoms with E-state index in [4.69, 9.17) is 4.52 Å². The highest BCUT2D eigenvalue weighted by Gasteiger charge is 2.30. The molecule has 22 heavy (non-hydrogen) atoms. The Kier molecular flexibility index (Phi) is 4.11. The van der Waals surface area contributed by atoms with Gasteiger partial charge in [0, 0.05) is 25.6 Å². The van der Waals surface area contributed by atoms with E-state index in [0.29, 0.717) is 29.7 Å². The van der Waals surface area contributed by atoms with Gasteiger partial charge in [0.15, 0.2) is 5.82 Å². The van der Waals surface area contributed by atoms with Crippen molar-refractivity contribution in [3.63, 3.8) is 0 Å². The molecule has 0 amide bonds. The molecular formula is C16H21FN4O. The number of nitrogens with one attached hydrogen (secondary N) is 2. The molecule has 0 spiro atoms. The third-order valence-corrected chi connectivity index (χ3v) is 3.91. The van der Waals surface area contributed by atoms with Crippen molar-refractivity contribution >= 4 is 6.01 Å². The van der Waals surface area contributed by atoms with Crippen LogP contribution < -0.4 is 10.6 Å². The van der Waals surface area contributed by atoms with Gasteiger partial charge in [0.25, 0.3) is 0 Å². The average Bonchev–Trinajstić information content (AvgIpc) is 3.05. The second-order valence-corrected chi connectivity index (χ2v) is 6.65. The van der Waals surface area contributed by atoms with Crippen molar-refractivity contribution in [2.24, 2.45) is 5.41 Å². The molecular weight excluding hydrogens is 283 g/mol. The molecule has 0 aliphatic carbocycles. The minimum atomic E-state index is -0.244. The molecule has 1 unspecified atom stereocenters. The number of aromatic nitrogens is 2. The van der Waals surface area contributed by atoms with Gasteiger partial charge in [-0.3, -0.25) is 0 Å². The van der Waals surface area contributed by atoms with E-state index in [1.165, 1.54) is 12.1 Å². The number of hydrogen-bond donors (Lipinski definition) is 2. The van der Waals surface area contributed by atoms with Crippen LogP contribution in [0.4, 0.5) is 10.4 Å². The molecule has 1 saturated heterocycles. The SMILES string of the molecule is CC1(C)CNC(CNc2nc(Cc3ccc(F)cc3)no2)C1. The lowest BCUT2D eigenvalue weighted by molar-refractivity contribution is 0.400. The van der Waals surface area contributed by atoms with E-state index in [-0.39, 0.29) is 5.82 Å². The summed E-state index contributed by atoms with van der Waals surface area (Å²) in [6.07, 6.45) is 1.65. The normalized spacial score (nSPS) is 20.2. The molecule has 2 N–H and O–H groups in total. The summed E-state index contributed by atoms with van der Waals surface area (Å²) in [6, 6.07) is 7.17. The Morgan fingerprint density at radius 1 is 1.36 bits per heavy atom. The minimum absolute atomic E-state index is 0.244. The molecule has 3 rings (SSSR count). The van der Waals surface area contributed by atoms with E-state index in [0.717, 1.165) is 25.1 Å². The van der Waals surface area contributed by atoms with Gasteiger partial charge in [-0.25, -0.2) is 4.39 Å². The Morgan fingerprint density at radius 3 is 2.82 bits per heavy atom. The van der Waals surface area contributed by atoms with Crippen molar-refractivity contribution in [2.45, 2.75) is 32.7 Å². The average molecular weight is 304 g/mol. The lowest BCUT2D eigenvalue weighted by Gasteiger charge is -2.15. The summed E-state index contributed by atoms with van der Waals surface area (Å²) >= 11 is 0. The summed E-state index contributed by atoms with van der Waals surface area (Å²) in [6.45, 7) is 6.31. The van der Waals surface area contributed by atoms with Gasteiger partial charge < -0.3 is 15.2 Å². The summed E-state index contributed by atoms with van der Waals surface area (Å²) in [5, 5.41) is 10.6. The fraction of sp³-hybridized carbons (Fsp3) is 0.500. The Labute approximate surface area is 129 Å². The summed E-state index contributed by atoms with van der Waals surface area (Å²) in [5.74, 6) is 0.347. The molecule has 1 fully saturated rings. The Bertz CT molecular complexity index is 623. The van der Waals surface area contributed by atoms with E-state index < -0.39 is 0 Å². The first-order valence-corrected chi connectivity index (χ1v) is 7.54. The zero-order chi connectivity index (χ0) is 15.6. The van der Waals surface area contributed by atoms with Gasteiger partial charge in [-0.1, -0.05) is 31.1 Å². The maximum atomic E-state index is 12.9. The molecule has 1 aromatic heterocycles. The van der Waals surface area contributed by atoms with Crippen LogP contribution in [-0.4, -0.2) is 29.3 Å². The lowest BCUT2D eigenvalue weighted by atomic mass is 9.91. The molecule has 6 heteroatoms. The van der Waals surface area contributed by atoms with Crippen molar-refractivity contribution in [3.05, 3.63) is 41.5 Å². The zero-order valence-corrected chi connectivity index (χ0v) is 12.9. The van der Waals surface area contributed by atoms with Gasteiger partial charge in [-0.15, -0.1) is 0 Å². The molecule has 118 valence electrons. The van der Waals surface area contributed by atoms with Crippen LogP contribution in [0.15, 0.2) is 28.8 Å². The van der Waals surface area contributed by atoms with Crippen molar-refractivity contribution in [1.82, 2.24) is 15.5 Å². The smallest absolute Gasteiger partial charge is 0.321 e. The highest BCUT2D eigenvalue weighted by molar-refractivity contribution is 5.23. The topological polar surface area (TPSA) is 63.0 Å². The number of benzene rings is 1. The third-order valence-electron chi connectivity index (χ3n) is 3.91. The van der Waals surface area contributed by atoms with Crippen LogP contribution >= 0.6 is 0 Å². The maximum absolute atomic E-state index is 12.9. The Balaban J connectivity index is 1.52. The minimum Gasteiger partial charge on any atom is -0.336 e. The predicted octanol–water partition coefficient (Wildman–Crippen LogP) is 2.60. The van der Waals surface area contributed by atoms with Crippen LogP contribution in [0.1, 0.15) is 31.7 Å². The maximum Gasteiger partial charge on any atom is 0.321 e. The van der Waals surface area contributed by atoms with Gasteiger partial charge in [0.05, 0.1) is 0 Å². The molecule has 1 aliphatic rings. The quantitative estimate of drug-likeness (QED) is 0.889. The van der Waals surface area contributed by atoms with E-state index in [1.807, 2.05) is 0 Å². The van der Waals surface area contributed by atoms with Crippen LogP contribution in [0.5, 0.6) is 0 Å². The van der Waals surface area contributed by atoms with Crippen LogP contribution in [0, 0.1) is 11.2 Å². The van der Waals surface area contributed by atoms with Crippen LogP contribution in [0.3, 0.4) is 0 Å². The number of halogens is 1. The fourth-order valence-electron chi connectivity index (χ4n) is 2.77. The van der Waals surface area contributed by atoms with Gasteiger partial charge in [-0.05, 0) is 29.5 Å². The van der Waals surface area contributed by atoms with Crippen LogP contribution in [0.2, 0.25) is 0 Å². The van der Waals surface area contributed by atoms with Crippen LogP contribution in [0.25, 0.3) is 0 Å². The monoisotopic (exact) mass is 304 g/mol. The van der Waals surface area contributed by atoms with Crippen molar-refractivity contribution < 1.29 is 8.91 Å². The van der Waals surface area contributed by atoms with Gasteiger partial charge in [-0.2, -0.15) is 4.98 Å². The van der Waals surface area contributed by atoms with E-state index in [9.17, 15) is 4.39 Å². The Morgan fingerprint density at radius 2 is 2.14 bits per heavy atom. The summed E-state index contributed by atoms with van der Waals surface area (Å²) in [4.78, 5) is 4.31. The molecule has 5 nitrogen and oxygen atoms in total. The first kappa shape index (κ1) is 15.0. The first-order chi connectivity index (χ1) is 10.5. The summed E-state index contributed by atoms with van der Waals surface area (Å²) in [7, 11) is 0. The molecule has 0 radical (unpaired) electrons. The number of rotatable bonds is 5. The zero-order valence-electron chi connectivity index (χ0n) is 12.9. The number of anilines is 1. The molecule has 0 bridgehead atoms. The second-order valence-electron chi connectivity index (χ2n) is 6.65. The van der Waals surface area contributed by atoms with E-state index in [1.54, 1.807) is 12.1 Å². The molecule has 1 aliphatic heterocycles. The number of nitrogens with zero attached hydrogens (tertiary/aromatic N) is 2. The summed E-state index contributed by atoms with van der Waals surface area (Å²) in [5.41, 5.74) is 1.29. The highest BCUT2D eigenvalue weighted by Crippen LogP contribution is 2.27. The highest BCUT2D eigenvalue weighted by atomic mass is 19.1. The van der Waals surface area contributed by atoms with Crippen molar-refractivity contribution in [1.29, 1.82) is 0 Å². The first-order valence-electron chi connectivity index (χ1n) is 7.54. The van der Waals surface area contributed by atoms with Gasteiger partial charge in [0.2, 0.25) is 0 Å². The lowest BCUT2D eigenvalue weighted by Crippen LogP contribution is -2.29. The molecule has 2 heterocycles. The second kappa shape index (κ2) is 6.04. The third kappa shape index (κ3) is 3.82. The molecule has 1 atom stereocenters. The Hall–Kier alpha value is -1.95. The van der Waals surface area contributed by atoms with E-state index in [2.05, 4.69) is 34.6 Å². The molecule has 2 aromatic rings. The fourth-order valence-corrected chi connectivity index (χ4v) is 2.77. The van der Waals surface area contributed by atoms with Crippen molar-refractivity contribution in [2.75, 3.05) is 18.4 Å². The predicted molar refractivity (Wildman–Crippen MR) is 82.2 cm³/mol. The number of hydrogen-bond acceptors (Lipinski definition) is 5. The van der Waals surface area contributed by atoms with Gasteiger partial charge in [0.1, 0.15) is 5.82 Å². The largest absolute Gasteiger partial charge is 0.336 e. The molecule has 1 aromatic carbocycles. The standard InChI is InChI=1S/C16H21FN4O/c1-16(2)8-13(19-10-16)9-18-15-20-14(21-22-15)7-11-3-5-12(17)6-4-11/h3-6,13,19H,7-10H2,1-2H3,(H,18,20,21). The van der Waals surface area contributed by atoms with Crippen molar-refractivity contribution in [3.8, 4) is 0 Å². The van der Waals surface area contributed by atoms with Gasteiger partial charge >= 0.3 is 6.01 Å². The van der Waals surface area contributed by atoms with Crippen LogP contribution in [-0.2, 0) is 6.42 Å². The summed E-state index contributed by atoms with van der Waals surface area (Å²) < 4.78 is 18.1.